The molecule has 6 heteroatoms. The van der Waals surface area contributed by atoms with Gasteiger partial charge in [-0.3, -0.25) is 14.5 Å². The molecule has 2 aromatic rings. The molecular weight excluding hydrogens is 390 g/mol. The first-order valence-corrected chi connectivity index (χ1v) is 11.3. The van der Waals surface area contributed by atoms with E-state index in [0.29, 0.717) is 12.8 Å². The fraction of sp³-hybridized carbons (Fsp3) is 0.440. The fourth-order valence-corrected chi connectivity index (χ4v) is 4.85. The minimum absolute atomic E-state index is 0.0380. The van der Waals surface area contributed by atoms with Gasteiger partial charge >= 0.3 is 0 Å². The van der Waals surface area contributed by atoms with Crippen LogP contribution in [-0.2, 0) is 29.0 Å². The van der Waals surface area contributed by atoms with Gasteiger partial charge in [0.1, 0.15) is 5.75 Å². The molecule has 3 aliphatic heterocycles. The highest BCUT2D eigenvalue weighted by molar-refractivity contribution is 5.96. The monoisotopic (exact) mass is 419 g/mol. The van der Waals surface area contributed by atoms with Crippen LogP contribution in [-0.4, -0.2) is 54.4 Å². The first kappa shape index (κ1) is 20.1. The van der Waals surface area contributed by atoms with E-state index in [9.17, 15) is 9.59 Å². The van der Waals surface area contributed by atoms with Crippen LogP contribution in [0, 0.1) is 5.92 Å². The zero-order chi connectivity index (χ0) is 21.2. The lowest BCUT2D eigenvalue weighted by Crippen LogP contribution is -2.48. The highest BCUT2D eigenvalue weighted by Gasteiger charge is 2.28. The zero-order valence-corrected chi connectivity index (χ0v) is 17.8. The highest BCUT2D eigenvalue weighted by atomic mass is 16.5. The Morgan fingerprint density at radius 3 is 2.77 bits per heavy atom. The highest BCUT2D eigenvalue weighted by Crippen LogP contribution is 2.28. The standard InChI is InChI=1S/C25H29N3O3/c29-24(8-6-21-16-19-3-1-2-4-22(19)26-25(21)30)28-12-10-27(11-13-28)17-18-5-7-23-20(15-18)9-14-31-23/h1-5,7,15,21H,6,8-14,16-17H2,(H,26,30). The Bertz CT molecular complexity index is 982. The van der Waals surface area contributed by atoms with Crippen molar-refractivity contribution in [1.29, 1.82) is 0 Å². The van der Waals surface area contributed by atoms with E-state index in [1.165, 1.54) is 11.1 Å². The number of carbonyl (C=O) groups is 2. The van der Waals surface area contributed by atoms with Crippen molar-refractivity contribution >= 4 is 17.5 Å². The summed E-state index contributed by atoms with van der Waals surface area (Å²) in [5.41, 5.74) is 4.68. The lowest BCUT2D eigenvalue weighted by atomic mass is 9.89. The Kier molecular flexibility index (Phi) is 5.64. The van der Waals surface area contributed by atoms with Gasteiger partial charge in [0.2, 0.25) is 11.8 Å². The van der Waals surface area contributed by atoms with Crippen LogP contribution < -0.4 is 10.1 Å². The van der Waals surface area contributed by atoms with Crippen molar-refractivity contribution in [1.82, 2.24) is 9.80 Å². The van der Waals surface area contributed by atoms with Crippen LogP contribution in [0.3, 0.4) is 0 Å². The summed E-state index contributed by atoms with van der Waals surface area (Å²) in [6.45, 7) is 4.98. The predicted octanol–water partition coefficient (Wildman–Crippen LogP) is 2.86. The number of amides is 2. The van der Waals surface area contributed by atoms with Gasteiger partial charge in [0.15, 0.2) is 0 Å². The van der Waals surface area contributed by atoms with Gasteiger partial charge in [0.25, 0.3) is 0 Å². The lowest BCUT2D eigenvalue weighted by Gasteiger charge is -2.35. The second-order valence-corrected chi connectivity index (χ2v) is 8.78. The van der Waals surface area contributed by atoms with Crippen molar-refractivity contribution in [3.05, 3.63) is 59.2 Å². The van der Waals surface area contributed by atoms with Gasteiger partial charge in [-0.05, 0) is 41.7 Å². The molecule has 0 saturated carbocycles. The summed E-state index contributed by atoms with van der Waals surface area (Å²) in [5.74, 6) is 1.11. The van der Waals surface area contributed by atoms with Crippen LogP contribution in [0.4, 0.5) is 5.69 Å². The maximum absolute atomic E-state index is 12.7. The molecule has 1 atom stereocenters. The van der Waals surface area contributed by atoms with Crippen molar-refractivity contribution in [3.63, 3.8) is 0 Å². The molecule has 0 spiro atoms. The average Bonchev–Trinajstić information content (AvgIpc) is 3.26. The third-order valence-electron chi connectivity index (χ3n) is 6.70. The average molecular weight is 420 g/mol. The molecule has 0 bridgehead atoms. The third-order valence-corrected chi connectivity index (χ3v) is 6.70. The molecule has 1 N–H and O–H groups in total. The van der Waals surface area contributed by atoms with E-state index in [0.717, 1.165) is 69.2 Å². The second-order valence-electron chi connectivity index (χ2n) is 8.78. The van der Waals surface area contributed by atoms with E-state index < -0.39 is 0 Å². The van der Waals surface area contributed by atoms with E-state index in [1.54, 1.807) is 0 Å². The van der Waals surface area contributed by atoms with Crippen molar-refractivity contribution < 1.29 is 14.3 Å². The smallest absolute Gasteiger partial charge is 0.227 e. The van der Waals surface area contributed by atoms with Gasteiger partial charge in [-0.15, -0.1) is 0 Å². The number of fused-ring (bicyclic) bond motifs is 2. The summed E-state index contributed by atoms with van der Waals surface area (Å²) in [5, 5.41) is 2.98. The Labute approximate surface area is 183 Å². The minimum atomic E-state index is -0.121. The van der Waals surface area contributed by atoms with Gasteiger partial charge in [0, 0.05) is 57.2 Å². The molecular formula is C25H29N3O3. The summed E-state index contributed by atoms with van der Waals surface area (Å²) >= 11 is 0. The van der Waals surface area contributed by atoms with Gasteiger partial charge in [0.05, 0.1) is 6.61 Å². The molecule has 0 aromatic heterocycles. The zero-order valence-electron chi connectivity index (χ0n) is 17.8. The normalized spacial score (nSPS) is 20.6. The number of ether oxygens (including phenoxy) is 1. The molecule has 31 heavy (non-hydrogen) atoms. The topological polar surface area (TPSA) is 61.9 Å². The van der Waals surface area contributed by atoms with Crippen LogP contribution >= 0.6 is 0 Å². The number of para-hydroxylation sites is 1. The Morgan fingerprint density at radius 1 is 1.06 bits per heavy atom. The lowest BCUT2D eigenvalue weighted by molar-refractivity contribution is -0.133. The Hall–Kier alpha value is -2.86. The third kappa shape index (κ3) is 4.44. The predicted molar refractivity (Wildman–Crippen MR) is 119 cm³/mol. The van der Waals surface area contributed by atoms with Crippen molar-refractivity contribution in [3.8, 4) is 5.75 Å². The van der Waals surface area contributed by atoms with Gasteiger partial charge in [-0.2, -0.15) is 0 Å². The van der Waals surface area contributed by atoms with Gasteiger partial charge in [-0.25, -0.2) is 0 Å². The first-order chi connectivity index (χ1) is 15.2. The number of hydrogen-bond donors (Lipinski definition) is 1. The van der Waals surface area contributed by atoms with Crippen LogP contribution in [0.5, 0.6) is 5.75 Å². The molecule has 0 aliphatic carbocycles. The molecule has 2 amide bonds. The molecule has 0 radical (unpaired) electrons. The summed E-state index contributed by atoms with van der Waals surface area (Å²) in [7, 11) is 0. The summed E-state index contributed by atoms with van der Waals surface area (Å²) in [6, 6.07) is 14.4. The molecule has 2 aromatic carbocycles. The van der Waals surface area contributed by atoms with E-state index in [-0.39, 0.29) is 17.7 Å². The van der Waals surface area contributed by atoms with Gasteiger partial charge in [-0.1, -0.05) is 30.3 Å². The summed E-state index contributed by atoms with van der Waals surface area (Å²) in [6.07, 6.45) is 2.76. The summed E-state index contributed by atoms with van der Waals surface area (Å²) in [4.78, 5) is 29.5. The number of rotatable bonds is 5. The Balaban J connectivity index is 1.09. The molecule has 1 saturated heterocycles. The van der Waals surface area contributed by atoms with Crippen molar-refractivity contribution in [2.24, 2.45) is 5.92 Å². The quantitative estimate of drug-likeness (QED) is 0.810. The van der Waals surface area contributed by atoms with Crippen LogP contribution in [0.2, 0.25) is 0 Å². The number of hydrogen-bond acceptors (Lipinski definition) is 4. The summed E-state index contributed by atoms with van der Waals surface area (Å²) < 4.78 is 5.59. The molecule has 6 nitrogen and oxygen atoms in total. The fourth-order valence-electron chi connectivity index (χ4n) is 4.85. The molecule has 1 unspecified atom stereocenters. The van der Waals surface area contributed by atoms with Crippen molar-refractivity contribution in [2.75, 3.05) is 38.1 Å². The SMILES string of the molecule is O=C1Nc2ccccc2CC1CCC(=O)N1CCN(Cc2ccc3c(c2)CCO3)CC1. The Morgan fingerprint density at radius 2 is 1.90 bits per heavy atom. The molecule has 1 fully saturated rings. The molecule has 3 heterocycles. The second kappa shape index (κ2) is 8.71. The van der Waals surface area contributed by atoms with E-state index in [4.69, 9.17) is 4.74 Å². The molecule has 3 aliphatic rings. The number of carbonyl (C=O) groups excluding carboxylic acids is 2. The number of nitrogens with one attached hydrogen (secondary N) is 1. The van der Waals surface area contributed by atoms with Crippen LogP contribution in [0.15, 0.2) is 42.5 Å². The number of anilines is 1. The molecule has 5 rings (SSSR count). The number of nitrogens with zero attached hydrogens (tertiary/aromatic N) is 2. The van der Waals surface area contributed by atoms with E-state index in [2.05, 4.69) is 34.5 Å². The maximum Gasteiger partial charge on any atom is 0.227 e. The van der Waals surface area contributed by atoms with Crippen LogP contribution in [0.25, 0.3) is 0 Å². The number of benzene rings is 2. The van der Waals surface area contributed by atoms with E-state index >= 15 is 0 Å². The van der Waals surface area contributed by atoms with Gasteiger partial charge < -0.3 is 15.0 Å². The van der Waals surface area contributed by atoms with Crippen molar-refractivity contribution in [2.45, 2.75) is 32.2 Å². The van der Waals surface area contributed by atoms with Crippen LogP contribution in [0.1, 0.15) is 29.5 Å². The molecule has 162 valence electrons. The maximum atomic E-state index is 12.7. The largest absolute Gasteiger partial charge is 0.493 e. The van der Waals surface area contributed by atoms with E-state index in [1.807, 2.05) is 23.1 Å². The minimum Gasteiger partial charge on any atom is -0.493 e. The first-order valence-electron chi connectivity index (χ1n) is 11.3. The number of piperazine rings is 1.